The van der Waals surface area contributed by atoms with Crippen molar-refractivity contribution in [2.75, 3.05) is 37.3 Å². The van der Waals surface area contributed by atoms with Gasteiger partial charge in [0.1, 0.15) is 23.2 Å². The lowest BCUT2D eigenvalue weighted by molar-refractivity contribution is -0.113. The monoisotopic (exact) mass is 539 g/mol. The van der Waals surface area contributed by atoms with Crippen LogP contribution in [0.2, 0.25) is 0 Å². The number of benzene rings is 3. The Morgan fingerprint density at radius 1 is 0.825 bits per heavy atom. The van der Waals surface area contributed by atoms with E-state index in [1.54, 1.807) is 81.5 Å². The second kappa shape index (κ2) is 11.2. The van der Waals surface area contributed by atoms with Gasteiger partial charge in [0.2, 0.25) is 0 Å². The molecule has 10 heteroatoms. The van der Waals surface area contributed by atoms with Gasteiger partial charge in [-0.15, -0.1) is 0 Å². The molecule has 40 heavy (non-hydrogen) atoms. The van der Waals surface area contributed by atoms with Gasteiger partial charge in [0.15, 0.2) is 11.5 Å². The van der Waals surface area contributed by atoms with Crippen LogP contribution in [-0.4, -0.2) is 42.9 Å². The lowest BCUT2D eigenvalue weighted by atomic mass is 9.94. The number of allylic oxidation sites excluding steroid dienone is 1. The molecule has 1 aromatic heterocycles. The zero-order valence-electron chi connectivity index (χ0n) is 22.5. The highest BCUT2D eigenvalue weighted by Gasteiger charge is 2.36. The molecular weight excluding hydrogens is 510 g/mol. The molecule has 2 heterocycles. The summed E-state index contributed by atoms with van der Waals surface area (Å²) in [7, 11) is 4.69. The maximum Gasteiger partial charge on any atom is 0.261 e. The number of carbonyl (C=O) groups is 2. The third-order valence-electron chi connectivity index (χ3n) is 6.62. The van der Waals surface area contributed by atoms with E-state index in [2.05, 4.69) is 21.0 Å². The molecule has 5 rings (SSSR count). The normalized spacial score (nSPS) is 14.1. The van der Waals surface area contributed by atoms with Crippen molar-refractivity contribution in [2.24, 2.45) is 0 Å². The Balaban J connectivity index is 1.56. The van der Waals surface area contributed by atoms with Crippen molar-refractivity contribution in [3.05, 3.63) is 101 Å². The summed E-state index contributed by atoms with van der Waals surface area (Å²) in [6, 6.07) is 21.0. The molecule has 0 unspecified atom stereocenters. The number of anilines is 3. The molecule has 10 nitrogen and oxygen atoms in total. The molecule has 3 N–H and O–H groups in total. The average molecular weight is 540 g/mol. The van der Waals surface area contributed by atoms with Crippen LogP contribution in [0.3, 0.4) is 0 Å². The Morgan fingerprint density at radius 3 is 2.17 bits per heavy atom. The highest BCUT2D eigenvalue weighted by molar-refractivity contribution is 6.09. The van der Waals surface area contributed by atoms with Crippen LogP contribution >= 0.6 is 0 Å². The van der Waals surface area contributed by atoms with Gasteiger partial charge >= 0.3 is 0 Å². The number of fused-ring (bicyclic) bond motifs is 1. The number of nitrogens with zero attached hydrogens (tertiary/aromatic N) is 2. The van der Waals surface area contributed by atoms with E-state index < -0.39 is 6.04 Å². The van der Waals surface area contributed by atoms with E-state index in [4.69, 9.17) is 14.2 Å². The zero-order valence-corrected chi connectivity index (χ0v) is 22.5. The predicted molar refractivity (Wildman–Crippen MR) is 152 cm³/mol. The number of para-hydroxylation sites is 1. The molecule has 4 aromatic rings. The first-order valence-corrected chi connectivity index (χ1v) is 12.5. The highest BCUT2D eigenvalue weighted by Crippen LogP contribution is 2.40. The number of aromatic nitrogens is 2. The predicted octanol–water partition coefficient (Wildman–Crippen LogP) is 5.09. The van der Waals surface area contributed by atoms with Crippen LogP contribution in [0.1, 0.15) is 28.9 Å². The maximum atomic E-state index is 13.8. The highest BCUT2D eigenvalue weighted by atomic mass is 16.5. The third-order valence-corrected chi connectivity index (χ3v) is 6.62. The van der Waals surface area contributed by atoms with Gasteiger partial charge in [0, 0.05) is 17.1 Å². The molecule has 3 aromatic carbocycles. The number of rotatable bonds is 8. The number of carbonyl (C=O) groups excluding carboxylic acids is 2. The number of hydrogen-bond donors (Lipinski definition) is 3. The Hall–Kier alpha value is -5.25. The van der Waals surface area contributed by atoms with Crippen LogP contribution in [0.4, 0.5) is 17.2 Å². The number of methoxy groups -OCH3 is 3. The van der Waals surface area contributed by atoms with E-state index in [9.17, 15) is 9.59 Å². The first kappa shape index (κ1) is 26.4. The Kier molecular flexibility index (Phi) is 7.41. The number of ether oxygens (including phenoxy) is 3. The molecule has 0 aliphatic carbocycles. The van der Waals surface area contributed by atoms with Gasteiger partial charge in [0.25, 0.3) is 11.8 Å². The molecule has 1 aliphatic heterocycles. The summed E-state index contributed by atoms with van der Waals surface area (Å²) >= 11 is 0. The molecule has 1 atom stereocenters. The van der Waals surface area contributed by atoms with E-state index in [-0.39, 0.29) is 11.8 Å². The Labute approximate surface area is 231 Å². The summed E-state index contributed by atoms with van der Waals surface area (Å²) < 4.78 is 17.8. The van der Waals surface area contributed by atoms with Crippen LogP contribution in [0, 0.1) is 0 Å². The van der Waals surface area contributed by atoms with Crippen LogP contribution in [0.5, 0.6) is 17.2 Å². The van der Waals surface area contributed by atoms with Crippen molar-refractivity contribution in [2.45, 2.75) is 13.0 Å². The van der Waals surface area contributed by atoms with Gasteiger partial charge in [0.05, 0.1) is 33.1 Å². The average Bonchev–Trinajstić information content (AvgIpc) is 3.40. The molecule has 2 amide bonds. The van der Waals surface area contributed by atoms with Crippen LogP contribution in [0.15, 0.2) is 90.3 Å². The zero-order chi connectivity index (χ0) is 28.2. The molecule has 1 aliphatic rings. The number of hydrogen-bond acceptors (Lipinski definition) is 7. The van der Waals surface area contributed by atoms with Gasteiger partial charge in [-0.25, -0.2) is 4.68 Å². The summed E-state index contributed by atoms with van der Waals surface area (Å²) in [5, 5.41) is 13.7. The lowest BCUT2D eigenvalue weighted by Crippen LogP contribution is -2.32. The minimum atomic E-state index is -0.674. The quantitative estimate of drug-likeness (QED) is 0.286. The molecule has 0 spiro atoms. The molecule has 204 valence electrons. The number of nitrogens with one attached hydrogen (secondary N) is 3. The lowest BCUT2D eigenvalue weighted by Gasteiger charge is -2.30. The molecule has 0 radical (unpaired) electrons. The molecular formula is C30H29N5O5. The van der Waals surface area contributed by atoms with E-state index in [1.807, 2.05) is 24.3 Å². The standard InChI is InChI=1S/C30H29N5O5/c1-18-26(30(37)34-21-11-13-22(38-2)14-12-21)27(19-10-15-24(39-3)25(16-19)40-4)35-28(32-18)23(17-31-35)29(36)33-20-8-6-5-7-9-20/h5-17,27,32H,1-4H3,(H,33,36)(H,34,37)/t27-/m1/s1. The summed E-state index contributed by atoms with van der Waals surface area (Å²) in [5.41, 5.74) is 3.32. The van der Waals surface area contributed by atoms with E-state index in [0.717, 1.165) is 5.56 Å². The summed E-state index contributed by atoms with van der Waals surface area (Å²) in [6.07, 6.45) is 1.49. The van der Waals surface area contributed by atoms with Crippen molar-refractivity contribution in [1.82, 2.24) is 9.78 Å². The Morgan fingerprint density at radius 2 is 1.50 bits per heavy atom. The fraction of sp³-hybridized carbons (Fsp3) is 0.167. The largest absolute Gasteiger partial charge is 0.497 e. The van der Waals surface area contributed by atoms with Crippen LogP contribution in [0.25, 0.3) is 0 Å². The van der Waals surface area contributed by atoms with Crippen molar-refractivity contribution in [3.63, 3.8) is 0 Å². The second-order valence-electron chi connectivity index (χ2n) is 9.03. The van der Waals surface area contributed by atoms with Gasteiger partial charge in [-0.05, 0) is 61.0 Å². The maximum absolute atomic E-state index is 13.8. The van der Waals surface area contributed by atoms with Crippen molar-refractivity contribution in [3.8, 4) is 17.2 Å². The van der Waals surface area contributed by atoms with Crippen LogP contribution < -0.4 is 30.2 Å². The number of amides is 2. The van der Waals surface area contributed by atoms with Crippen molar-refractivity contribution in [1.29, 1.82) is 0 Å². The van der Waals surface area contributed by atoms with Crippen LogP contribution in [-0.2, 0) is 4.79 Å². The molecule has 0 saturated heterocycles. The third kappa shape index (κ3) is 5.06. The van der Waals surface area contributed by atoms with E-state index in [1.165, 1.54) is 6.20 Å². The van der Waals surface area contributed by atoms with Gasteiger partial charge < -0.3 is 30.2 Å². The fourth-order valence-corrected chi connectivity index (χ4v) is 4.64. The fourth-order valence-electron chi connectivity index (χ4n) is 4.64. The minimum Gasteiger partial charge on any atom is -0.497 e. The van der Waals surface area contributed by atoms with Gasteiger partial charge in [-0.2, -0.15) is 5.10 Å². The second-order valence-corrected chi connectivity index (χ2v) is 9.03. The summed E-state index contributed by atoms with van der Waals surface area (Å²) in [4.78, 5) is 27.0. The summed E-state index contributed by atoms with van der Waals surface area (Å²) in [6.45, 7) is 1.80. The van der Waals surface area contributed by atoms with E-state index in [0.29, 0.717) is 51.3 Å². The molecule has 0 bridgehead atoms. The van der Waals surface area contributed by atoms with E-state index >= 15 is 0 Å². The first-order chi connectivity index (χ1) is 19.4. The molecule has 0 fully saturated rings. The summed E-state index contributed by atoms with van der Waals surface area (Å²) in [5.74, 6) is 1.54. The SMILES string of the molecule is COc1ccc(NC(=O)C2=C(C)Nc3c(C(=O)Nc4ccccc4)cnn3[C@@H]2c2ccc(OC)c(OC)c2)cc1. The first-order valence-electron chi connectivity index (χ1n) is 12.5. The topological polar surface area (TPSA) is 116 Å². The molecule has 0 saturated carbocycles. The van der Waals surface area contributed by atoms with Crippen molar-refractivity contribution < 1.29 is 23.8 Å². The Bertz CT molecular complexity index is 1580. The van der Waals surface area contributed by atoms with Gasteiger partial charge in [-0.3, -0.25) is 9.59 Å². The smallest absolute Gasteiger partial charge is 0.261 e. The van der Waals surface area contributed by atoms with Crippen molar-refractivity contribution >= 4 is 29.0 Å². The van der Waals surface area contributed by atoms with Gasteiger partial charge in [-0.1, -0.05) is 24.3 Å². The minimum absolute atomic E-state index is 0.327.